The molecule has 0 heterocycles. The lowest BCUT2D eigenvalue weighted by molar-refractivity contribution is -0.121. The van der Waals surface area contributed by atoms with Crippen molar-refractivity contribution in [3.05, 3.63) is 72.1 Å². The van der Waals surface area contributed by atoms with Gasteiger partial charge in [0, 0.05) is 12.6 Å². The third-order valence-corrected chi connectivity index (χ3v) is 4.51. The lowest BCUT2D eigenvalue weighted by atomic mass is 10.1. The summed E-state index contributed by atoms with van der Waals surface area (Å²) < 4.78 is 12.3. The predicted octanol–water partition coefficient (Wildman–Crippen LogP) is 4.61. The molecule has 1 rings (SSSR count). The van der Waals surface area contributed by atoms with E-state index < -0.39 is 0 Å². The highest BCUT2D eigenvalue weighted by molar-refractivity contribution is 5.80. The van der Waals surface area contributed by atoms with Crippen molar-refractivity contribution >= 4 is 12.1 Å². The van der Waals surface area contributed by atoms with Gasteiger partial charge in [0.2, 0.25) is 5.91 Å². The first-order chi connectivity index (χ1) is 14.6. The molecular weight excluding hydrogens is 381 g/mol. The molecule has 1 aromatic carbocycles. The Morgan fingerprint density at radius 3 is 2.87 bits per heavy atom. The predicted molar refractivity (Wildman–Crippen MR) is 122 cm³/mol. The van der Waals surface area contributed by atoms with Crippen LogP contribution in [0.15, 0.2) is 66.1 Å². The molecule has 0 aliphatic heterocycles. The monoisotopic (exact) mass is 415 g/mol. The molecule has 1 atom stereocenters. The van der Waals surface area contributed by atoms with Gasteiger partial charge in [-0.1, -0.05) is 55.1 Å². The van der Waals surface area contributed by atoms with Gasteiger partial charge in [0.05, 0.1) is 19.0 Å². The van der Waals surface area contributed by atoms with Crippen molar-refractivity contribution in [1.29, 1.82) is 0 Å². The van der Waals surface area contributed by atoms with E-state index in [9.17, 15) is 9.18 Å². The molecular formula is C24H34FN3O2. The van der Waals surface area contributed by atoms with Gasteiger partial charge in [-0.25, -0.2) is 4.39 Å². The summed E-state index contributed by atoms with van der Waals surface area (Å²) in [6.07, 6.45) is 10.1. The van der Waals surface area contributed by atoms with Gasteiger partial charge in [0.1, 0.15) is 7.11 Å². The molecule has 0 bridgehead atoms. The van der Waals surface area contributed by atoms with Gasteiger partial charge in [0.25, 0.3) is 0 Å². The maximum absolute atomic E-state index is 12.3. The molecule has 164 valence electrons. The highest BCUT2D eigenvalue weighted by Gasteiger charge is 2.12. The van der Waals surface area contributed by atoms with E-state index in [0.29, 0.717) is 24.7 Å². The van der Waals surface area contributed by atoms with Crippen LogP contribution >= 0.6 is 0 Å². The van der Waals surface area contributed by atoms with Crippen LogP contribution in [-0.4, -0.2) is 31.8 Å². The number of oxime groups is 1. The zero-order chi connectivity index (χ0) is 22.0. The molecule has 6 heteroatoms. The van der Waals surface area contributed by atoms with Crippen LogP contribution in [0.3, 0.4) is 0 Å². The van der Waals surface area contributed by atoms with Gasteiger partial charge in [0.15, 0.2) is 0 Å². The topological polar surface area (TPSA) is 62.7 Å². The molecule has 0 spiro atoms. The second-order valence-corrected chi connectivity index (χ2v) is 6.97. The van der Waals surface area contributed by atoms with E-state index in [2.05, 4.69) is 58.4 Å². The second kappa shape index (κ2) is 16.1. The SMILES string of the molecule is C=C(/C=C\C=N\OC)CC(=O)N[C@@H](CC/C=C/F)CCNCc1cccc(CC)c1. The van der Waals surface area contributed by atoms with Crippen molar-refractivity contribution < 1.29 is 14.0 Å². The highest BCUT2D eigenvalue weighted by atomic mass is 19.1. The van der Waals surface area contributed by atoms with Crippen molar-refractivity contribution in [3.8, 4) is 0 Å². The average Bonchev–Trinajstić information content (AvgIpc) is 2.74. The Hall–Kier alpha value is -2.73. The Bertz CT molecular complexity index is 729. The third kappa shape index (κ3) is 12.0. The minimum atomic E-state index is -0.0989. The summed E-state index contributed by atoms with van der Waals surface area (Å²) in [6.45, 7) is 7.56. The summed E-state index contributed by atoms with van der Waals surface area (Å²) in [5.74, 6) is -0.0989. The lowest BCUT2D eigenvalue weighted by Gasteiger charge is -2.19. The van der Waals surface area contributed by atoms with Crippen molar-refractivity contribution in [2.75, 3.05) is 13.7 Å². The van der Waals surface area contributed by atoms with E-state index in [-0.39, 0.29) is 18.4 Å². The number of nitrogens with zero attached hydrogens (tertiary/aromatic N) is 1. The van der Waals surface area contributed by atoms with Gasteiger partial charge in [-0.2, -0.15) is 0 Å². The summed E-state index contributed by atoms with van der Waals surface area (Å²) >= 11 is 0. The summed E-state index contributed by atoms with van der Waals surface area (Å²) in [5, 5.41) is 10.1. The number of nitrogens with one attached hydrogen (secondary N) is 2. The molecule has 1 amide bonds. The highest BCUT2D eigenvalue weighted by Crippen LogP contribution is 2.08. The minimum absolute atomic E-state index is 0.0324. The summed E-state index contributed by atoms with van der Waals surface area (Å²) in [4.78, 5) is 16.9. The Morgan fingerprint density at radius 2 is 2.13 bits per heavy atom. The lowest BCUT2D eigenvalue weighted by Crippen LogP contribution is -2.37. The van der Waals surface area contributed by atoms with Gasteiger partial charge in [-0.05, 0) is 55.0 Å². The van der Waals surface area contributed by atoms with Crippen LogP contribution < -0.4 is 10.6 Å². The first-order valence-corrected chi connectivity index (χ1v) is 10.3. The van der Waals surface area contributed by atoms with Crippen LogP contribution in [0.5, 0.6) is 0 Å². The molecule has 1 aromatic rings. The van der Waals surface area contributed by atoms with Crippen LogP contribution in [0.1, 0.15) is 43.7 Å². The molecule has 0 saturated carbocycles. The summed E-state index contributed by atoms with van der Waals surface area (Å²) in [5.41, 5.74) is 3.24. The number of hydrogen-bond acceptors (Lipinski definition) is 4. The smallest absolute Gasteiger partial charge is 0.224 e. The van der Waals surface area contributed by atoms with E-state index >= 15 is 0 Å². The molecule has 0 aliphatic carbocycles. The van der Waals surface area contributed by atoms with Gasteiger partial charge >= 0.3 is 0 Å². The first-order valence-electron chi connectivity index (χ1n) is 10.3. The Morgan fingerprint density at radius 1 is 1.33 bits per heavy atom. The zero-order valence-electron chi connectivity index (χ0n) is 18.1. The number of allylic oxidation sites excluding steroid dienone is 3. The second-order valence-electron chi connectivity index (χ2n) is 6.97. The summed E-state index contributed by atoms with van der Waals surface area (Å²) in [7, 11) is 1.46. The van der Waals surface area contributed by atoms with Gasteiger partial charge < -0.3 is 15.5 Å². The number of carbonyl (C=O) groups is 1. The molecule has 0 saturated heterocycles. The van der Waals surface area contributed by atoms with Crippen molar-refractivity contribution in [3.63, 3.8) is 0 Å². The van der Waals surface area contributed by atoms with Crippen LogP contribution in [-0.2, 0) is 22.6 Å². The fourth-order valence-corrected chi connectivity index (χ4v) is 2.94. The average molecular weight is 416 g/mol. The molecule has 0 radical (unpaired) electrons. The van der Waals surface area contributed by atoms with Crippen LogP contribution in [0.4, 0.5) is 4.39 Å². The maximum atomic E-state index is 12.3. The van der Waals surface area contributed by atoms with E-state index in [4.69, 9.17) is 0 Å². The Kier molecular flexibility index (Phi) is 13.6. The molecule has 0 aliphatic rings. The van der Waals surface area contributed by atoms with E-state index in [0.717, 1.165) is 25.9 Å². The third-order valence-electron chi connectivity index (χ3n) is 4.51. The fraction of sp³-hybridized carbons (Fsp3) is 0.417. The molecule has 0 unspecified atom stereocenters. The van der Waals surface area contributed by atoms with E-state index in [1.807, 2.05) is 0 Å². The van der Waals surface area contributed by atoms with Crippen molar-refractivity contribution in [2.45, 2.75) is 51.6 Å². The number of halogens is 1. The van der Waals surface area contributed by atoms with Crippen LogP contribution in [0, 0.1) is 0 Å². The number of amides is 1. The van der Waals surface area contributed by atoms with E-state index in [1.165, 1.54) is 30.5 Å². The molecule has 0 fully saturated rings. The Labute approximate surface area is 179 Å². The summed E-state index contributed by atoms with van der Waals surface area (Å²) in [6, 6.07) is 8.48. The molecule has 30 heavy (non-hydrogen) atoms. The van der Waals surface area contributed by atoms with Gasteiger partial charge in [-0.15, -0.1) is 0 Å². The standard InChI is InChI=1S/C24H34FN3O2/c1-4-21-10-7-11-22(18-21)19-26-16-13-23(12-5-6-14-25)28-24(29)17-20(2)9-8-15-27-30-3/h6-11,14-15,18,23,26H,2,4-5,12-13,16-17,19H2,1,3H3,(H,28,29)/b9-8-,14-6+,27-15+/t23-/m0/s1. The number of rotatable bonds is 15. The quantitative estimate of drug-likeness (QED) is 0.190. The number of benzene rings is 1. The molecule has 0 aromatic heterocycles. The largest absolute Gasteiger partial charge is 0.399 e. The zero-order valence-corrected chi connectivity index (χ0v) is 18.1. The minimum Gasteiger partial charge on any atom is -0.399 e. The van der Waals surface area contributed by atoms with Crippen LogP contribution in [0.25, 0.3) is 0 Å². The maximum Gasteiger partial charge on any atom is 0.224 e. The van der Waals surface area contributed by atoms with Crippen molar-refractivity contribution in [1.82, 2.24) is 10.6 Å². The molecule has 5 nitrogen and oxygen atoms in total. The number of hydrogen-bond donors (Lipinski definition) is 2. The van der Waals surface area contributed by atoms with E-state index in [1.54, 1.807) is 12.2 Å². The normalized spacial score (nSPS) is 12.6. The molecule has 2 N–H and O–H groups in total. The first kappa shape index (κ1) is 25.3. The Balaban J connectivity index is 2.46. The number of aryl methyl sites for hydroxylation is 1. The van der Waals surface area contributed by atoms with Gasteiger partial charge in [-0.3, -0.25) is 4.79 Å². The number of carbonyl (C=O) groups excluding carboxylic acids is 1. The fourth-order valence-electron chi connectivity index (χ4n) is 2.94. The van der Waals surface area contributed by atoms with Crippen LogP contribution in [0.2, 0.25) is 0 Å². The van der Waals surface area contributed by atoms with Crippen molar-refractivity contribution in [2.24, 2.45) is 5.16 Å².